The largest absolute Gasteiger partial charge is 0.507 e. The van der Waals surface area contributed by atoms with E-state index in [4.69, 9.17) is 4.74 Å². The van der Waals surface area contributed by atoms with Crippen molar-refractivity contribution < 1.29 is 19.4 Å². The minimum atomic E-state index is -0.715. The molecule has 4 rings (SSSR count). The van der Waals surface area contributed by atoms with Crippen LogP contribution in [0.4, 0.5) is 5.69 Å². The second-order valence-corrected chi connectivity index (χ2v) is 9.08. The highest BCUT2D eigenvalue weighted by Gasteiger charge is 2.46. The molecular weight excluding hydrogens is 440 g/mol. The van der Waals surface area contributed by atoms with Gasteiger partial charge in [-0.1, -0.05) is 42.0 Å². The molecular formula is C29H30N2O4. The van der Waals surface area contributed by atoms with Crippen LogP contribution in [0.1, 0.15) is 33.9 Å². The van der Waals surface area contributed by atoms with Gasteiger partial charge in [-0.2, -0.15) is 0 Å². The zero-order valence-electron chi connectivity index (χ0n) is 20.7. The smallest absolute Gasteiger partial charge is 0.295 e. The Morgan fingerprint density at radius 2 is 1.63 bits per heavy atom. The maximum atomic E-state index is 13.3. The summed E-state index contributed by atoms with van der Waals surface area (Å²) in [5, 5.41) is 11.4. The molecule has 3 aromatic rings. The van der Waals surface area contributed by atoms with E-state index >= 15 is 0 Å². The molecule has 6 heteroatoms. The van der Waals surface area contributed by atoms with Gasteiger partial charge in [0, 0.05) is 31.9 Å². The molecule has 0 aromatic heterocycles. The summed E-state index contributed by atoms with van der Waals surface area (Å²) in [5.74, 6) is -0.752. The zero-order valence-corrected chi connectivity index (χ0v) is 20.7. The summed E-state index contributed by atoms with van der Waals surface area (Å²) >= 11 is 0. The third-order valence-corrected chi connectivity index (χ3v) is 6.43. The Hall–Kier alpha value is -4.06. The number of methoxy groups -OCH3 is 1. The van der Waals surface area contributed by atoms with E-state index in [1.54, 1.807) is 7.11 Å². The molecule has 1 heterocycles. The van der Waals surface area contributed by atoms with Gasteiger partial charge in [-0.15, -0.1) is 0 Å². The summed E-state index contributed by atoms with van der Waals surface area (Å²) in [6.07, 6.45) is 0. The molecule has 3 aromatic carbocycles. The normalized spacial score (nSPS) is 17.1. The summed E-state index contributed by atoms with van der Waals surface area (Å²) in [6, 6.07) is 20.1. The molecule has 1 aliphatic heterocycles. The predicted molar refractivity (Wildman–Crippen MR) is 138 cm³/mol. The van der Waals surface area contributed by atoms with Crippen LogP contribution in [0.3, 0.4) is 0 Å². The van der Waals surface area contributed by atoms with E-state index in [1.807, 2.05) is 99.6 Å². The van der Waals surface area contributed by atoms with Gasteiger partial charge in [0.2, 0.25) is 0 Å². The van der Waals surface area contributed by atoms with Gasteiger partial charge in [-0.05, 0) is 60.9 Å². The van der Waals surface area contributed by atoms with Gasteiger partial charge in [-0.25, -0.2) is 0 Å². The summed E-state index contributed by atoms with van der Waals surface area (Å²) in [6.45, 7) is 4.02. The Balaban J connectivity index is 1.86. The van der Waals surface area contributed by atoms with Crippen LogP contribution in [0, 0.1) is 13.8 Å². The minimum absolute atomic E-state index is 0.106. The maximum absolute atomic E-state index is 13.3. The quantitative estimate of drug-likeness (QED) is 0.312. The number of nitrogens with zero attached hydrogens (tertiary/aromatic N) is 2. The van der Waals surface area contributed by atoms with Crippen LogP contribution in [-0.2, 0) is 16.1 Å². The highest BCUT2D eigenvalue weighted by Crippen LogP contribution is 2.41. The molecule has 1 aliphatic rings. The highest BCUT2D eigenvalue weighted by atomic mass is 16.5. The number of amides is 1. The summed E-state index contributed by atoms with van der Waals surface area (Å²) < 4.78 is 5.24. The summed E-state index contributed by atoms with van der Waals surface area (Å²) in [7, 11) is 5.49. The first-order valence-electron chi connectivity index (χ1n) is 11.5. The average Bonchev–Trinajstić information content (AvgIpc) is 3.10. The van der Waals surface area contributed by atoms with Gasteiger partial charge in [-0.3, -0.25) is 9.59 Å². The Labute approximate surface area is 206 Å². The van der Waals surface area contributed by atoms with Crippen LogP contribution < -0.4 is 9.64 Å². The molecule has 0 saturated carbocycles. The third kappa shape index (κ3) is 4.64. The van der Waals surface area contributed by atoms with Crippen LogP contribution in [0.2, 0.25) is 0 Å². The number of hydrogen-bond donors (Lipinski definition) is 1. The van der Waals surface area contributed by atoms with Crippen molar-refractivity contribution in [2.24, 2.45) is 0 Å². The number of carbonyl (C=O) groups is 2. The topological polar surface area (TPSA) is 70.1 Å². The first-order chi connectivity index (χ1) is 16.7. The van der Waals surface area contributed by atoms with Crippen LogP contribution in [-0.4, -0.2) is 42.9 Å². The van der Waals surface area contributed by atoms with E-state index in [0.717, 1.165) is 27.9 Å². The molecule has 0 bridgehead atoms. The van der Waals surface area contributed by atoms with Crippen LogP contribution >= 0.6 is 0 Å². The van der Waals surface area contributed by atoms with Crippen molar-refractivity contribution in [1.82, 2.24) is 4.90 Å². The molecule has 1 amide bonds. The van der Waals surface area contributed by atoms with Gasteiger partial charge in [0.25, 0.3) is 11.7 Å². The van der Waals surface area contributed by atoms with E-state index in [0.29, 0.717) is 11.3 Å². The van der Waals surface area contributed by atoms with Gasteiger partial charge < -0.3 is 19.6 Å². The van der Waals surface area contributed by atoms with Crippen LogP contribution in [0.5, 0.6) is 5.75 Å². The minimum Gasteiger partial charge on any atom is -0.507 e. The SMILES string of the molecule is COc1ccc(CN2C(=O)C(=O)/C(=C(/O)c3cc(C)ccc3C)C2c2ccc(N(C)C)cc2)cc1. The zero-order chi connectivity index (χ0) is 25.3. The Morgan fingerprint density at radius 1 is 0.971 bits per heavy atom. The molecule has 180 valence electrons. The molecule has 0 aliphatic carbocycles. The number of aliphatic hydroxyl groups excluding tert-OH is 1. The van der Waals surface area contributed by atoms with E-state index < -0.39 is 17.7 Å². The molecule has 6 nitrogen and oxygen atoms in total. The molecule has 1 atom stereocenters. The number of benzene rings is 3. The van der Waals surface area contributed by atoms with Crippen molar-refractivity contribution in [3.05, 3.63) is 100 Å². The van der Waals surface area contributed by atoms with Crippen LogP contribution in [0.25, 0.3) is 5.76 Å². The van der Waals surface area contributed by atoms with E-state index in [9.17, 15) is 14.7 Å². The first-order valence-corrected chi connectivity index (χ1v) is 11.5. The lowest BCUT2D eigenvalue weighted by atomic mass is 9.93. The molecule has 1 unspecified atom stereocenters. The lowest BCUT2D eigenvalue weighted by Crippen LogP contribution is -2.29. The van der Waals surface area contributed by atoms with Gasteiger partial charge in [0.1, 0.15) is 11.5 Å². The molecule has 35 heavy (non-hydrogen) atoms. The molecule has 1 saturated heterocycles. The van der Waals surface area contributed by atoms with Gasteiger partial charge in [0.15, 0.2) is 0 Å². The Bertz CT molecular complexity index is 1290. The fraction of sp³-hybridized carbons (Fsp3) is 0.241. The molecule has 0 radical (unpaired) electrons. The lowest BCUT2D eigenvalue weighted by Gasteiger charge is -2.26. The Kier molecular flexibility index (Phi) is 6.65. The number of Topliss-reactive ketones (excluding diaryl/α,β-unsaturated/α-hetero) is 1. The standard InChI is InChI=1S/C29H30N2O4/c1-18-6-7-19(2)24(16-18)27(32)25-26(21-10-12-22(13-11-21)30(3)4)31(29(34)28(25)33)17-20-8-14-23(35-5)15-9-20/h6-16,26,32H,17H2,1-5H3/b27-25+. The van der Waals surface area contributed by atoms with Crippen molar-refractivity contribution in [3.63, 3.8) is 0 Å². The monoisotopic (exact) mass is 470 g/mol. The fourth-order valence-corrected chi connectivity index (χ4v) is 4.41. The van der Waals surface area contributed by atoms with Crippen molar-refractivity contribution >= 4 is 23.1 Å². The number of hydrogen-bond acceptors (Lipinski definition) is 5. The van der Waals surface area contributed by atoms with E-state index in [-0.39, 0.29) is 17.9 Å². The number of likely N-dealkylation sites (tertiary alicyclic amines) is 1. The average molecular weight is 471 g/mol. The number of rotatable bonds is 6. The number of ketones is 1. The number of anilines is 1. The van der Waals surface area contributed by atoms with Crippen LogP contribution in [0.15, 0.2) is 72.3 Å². The van der Waals surface area contributed by atoms with Crippen molar-refractivity contribution in [3.8, 4) is 5.75 Å². The maximum Gasteiger partial charge on any atom is 0.295 e. The number of aryl methyl sites for hydroxylation is 2. The van der Waals surface area contributed by atoms with Gasteiger partial charge >= 0.3 is 0 Å². The summed E-state index contributed by atoms with van der Waals surface area (Å²) in [4.78, 5) is 30.1. The van der Waals surface area contributed by atoms with Crippen molar-refractivity contribution in [1.29, 1.82) is 0 Å². The van der Waals surface area contributed by atoms with E-state index in [1.165, 1.54) is 4.90 Å². The molecule has 1 fully saturated rings. The molecule has 1 N–H and O–H groups in total. The van der Waals surface area contributed by atoms with E-state index in [2.05, 4.69) is 0 Å². The lowest BCUT2D eigenvalue weighted by molar-refractivity contribution is -0.140. The summed E-state index contributed by atoms with van der Waals surface area (Å²) in [5.41, 5.74) is 5.06. The predicted octanol–water partition coefficient (Wildman–Crippen LogP) is 5.00. The van der Waals surface area contributed by atoms with Crippen molar-refractivity contribution in [2.45, 2.75) is 26.4 Å². The number of carbonyl (C=O) groups excluding carboxylic acids is 2. The fourth-order valence-electron chi connectivity index (χ4n) is 4.41. The number of aliphatic hydroxyl groups is 1. The third-order valence-electron chi connectivity index (χ3n) is 6.43. The second kappa shape index (κ2) is 9.66. The molecule has 0 spiro atoms. The van der Waals surface area contributed by atoms with Gasteiger partial charge in [0.05, 0.1) is 18.7 Å². The highest BCUT2D eigenvalue weighted by molar-refractivity contribution is 6.46. The second-order valence-electron chi connectivity index (χ2n) is 9.08. The van der Waals surface area contributed by atoms with Crippen molar-refractivity contribution in [2.75, 3.05) is 26.1 Å². The first kappa shape index (κ1) is 24.1. The Morgan fingerprint density at radius 3 is 2.23 bits per heavy atom. The number of ether oxygens (including phenoxy) is 1.